The van der Waals surface area contributed by atoms with Crippen molar-refractivity contribution < 1.29 is 23.1 Å². The molecule has 1 aliphatic heterocycles. The first-order valence-electron chi connectivity index (χ1n) is 6.22. The van der Waals surface area contributed by atoms with E-state index in [0.29, 0.717) is 36.5 Å². The van der Waals surface area contributed by atoms with Crippen LogP contribution in [0.3, 0.4) is 0 Å². The zero-order valence-corrected chi connectivity index (χ0v) is 11.8. The maximum absolute atomic E-state index is 12.6. The minimum absolute atomic E-state index is 0.0394. The standard InChI is InChI=1S/C12H9F3N4O2S/c13-12(14,15)10-17-18-11(22-10)19-4-3-7-6(5-19)1-2-8(16-7)9(20)21/h1-2H,3-5H2,(H,20,21). The zero-order chi connectivity index (χ0) is 15.9. The van der Waals surface area contributed by atoms with Crippen LogP contribution in [0.15, 0.2) is 12.1 Å². The Labute approximate surface area is 126 Å². The lowest BCUT2D eigenvalue weighted by Crippen LogP contribution is -2.31. The fraction of sp³-hybridized carbons (Fsp3) is 0.333. The Morgan fingerprint density at radius 3 is 2.73 bits per heavy atom. The van der Waals surface area contributed by atoms with Crippen LogP contribution in [0.2, 0.25) is 0 Å². The van der Waals surface area contributed by atoms with Crippen molar-refractivity contribution in [3.8, 4) is 0 Å². The van der Waals surface area contributed by atoms with Crippen LogP contribution in [-0.4, -0.2) is 32.8 Å². The second kappa shape index (κ2) is 5.20. The number of hydrogen-bond acceptors (Lipinski definition) is 6. The zero-order valence-electron chi connectivity index (χ0n) is 11.0. The summed E-state index contributed by atoms with van der Waals surface area (Å²) in [5.74, 6) is -1.11. The largest absolute Gasteiger partial charge is 0.477 e. The first-order valence-corrected chi connectivity index (χ1v) is 7.04. The number of pyridine rings is 1. The lowest BCUT2D eigenvalue weighted by atomic mass is 10.1. The maximum atomic E-state index is 12.6. The highest BCUT2D eigenvalue weighted by Gasteiger charge is 2.36. The molecule has 0 atom stereocenters. The van der Waals surface area contributed by atoms with Gasteiger partial charge >= 0.3 is 12.1 Å². The summed E-state index contributed by atoms with van der Waals surface area (Å²) in [6.45, 7) is 0.740. The van der Waals surface area contributed by atoms with E-state index < -0.39 is 17.2 Å². The molecule has 0 aliphatic carbocycles. The molecule has 2 aromatic heterocycles. The molecule has 3 rings (SSSR count). The van der Waals surface area contributed by atoms with Crippen LogP contribution >= 0.6 is 11.3 Å². The molecule has 1 aliphatic rings. The van der Waals surface area contributed by atoms with Gasteiger partial charge in [0.05, 0.1) is 0 Å². The van der Waals surface area contributed by atoms with Crippen molar-refractivity contribution in [1.29, 1.82) is 0 Å². The molecule has 2 aromatic rings. The third-order valence-corrected chi connectivity index (χ3v) is 4.22. The van der Waals surface area contributed by atoms with Gasteiger partial charge in [-0.25, -0.2) is 9.78 Å². The molecule has 0 bridgehead atoms. The van der Waals surface area contributed by atoms with Crippen LogP contribution in [-0.2, 0) is 19.1 Å². The molecular formula is C12H9F3N4O2S. The van der Waals surface area contributed by atoms with Gasteiger partial charge in [-0.05, 0) is 11.6 Å². The summed E-state index contributed by atoms with van der Waals surface area (Å²) >= 11 is 0.493. The van der Waals surface area contributed by atoms with Crippen LogP contribution in [0.1, 0.15) is 26.8 Å². The molecule has 10 heteroatoms. The summed E-state index contributed by atoms with van der Waals surface area (Å²) in [5, 5.41) is 14.9. The second-order valence-electron chi connectivity index (χ2n) is 4.67. The number of rotatable bonds is 2. The van der Waals surface area contributed by atoms with Gasteiger partial charge in [0.1, 0.15) is 5.69 Å². The maximum Gasteiger partial charge on any atom is 0.445 e. The molecule has 0 saturated heterocycles. The van der Waals surface area contributed by atoms with Gasteiger partial charge in [-0.1, -0.05) is 17.4 Å². The molecule has 116 valence electrons. The van der Waals surface area contributed by atoms with E-state index in [9.17, 15) is 18.0 Å². The summed E-state index contributed by atoms with van der Waals surface area (Å²) in [6.07, 6.45) is -4.06. The van der Waals surface area contributed by atoms with Gasteiger partial charge in [0.15, 0.2) is 0 Å². The van der Waals surface area contributed by atoms with E-state index in [1.165, 1.54) is 6.07 Å². The Kier molecular flexibility index (Phi) is 3.47. The lowest BCUT2D eigenvalue weighted by Gasteiger charge is -2.27. The monoisotopic (exact) mass is 330 g/mol. The summed E-state index contributed by atoms with van der Waals surface area (Å²) in [7, 11) is 0. The van der Waals surface area contributed by atoms with Crippen molar-refractivity contribution >= 4 is 22.4 Å². The fourth-order valence-electron chi connectivity index (χ4n) is 2.16. The van der Waals surface area contributed by atoms with Crippen molar-refractivity contribution in [2.45, 2.75) is 19.1 Å². The summed E-state index contributed by atoms with van der Waals surface area (Å²) in [6, 6.07) is 3.01. The first kappa shape index (κ1) is 14.7. The number of carboxylic acids is 1. The fourth-order valence-corrected chi connectivity index (χ4v) is 2.89. The third-order valence-electron chi connectivity index (χ3n) is 3.19. The Balaban J connectivity index is 1.82. The van der Waals surface area contributed by atoms with E-state index >= 15 is 0 Å². The summed E-state index contributed by atoms with van der Waals surface area (Å²) in [5.41, 5.74) is 1.39. The molecule has 6 nitrogen and oxygen atoms in total. The average Bonchev–Trinajstić information content (AvgIpc) is 2.96. The van der Waals surface area contributed by atoms with E-state index in [-0.39, 0.29) is 10.8 Å². The van der Waals surface area contributed by atoms with Crippen molar-refractivity contribution in [3.05, 3.63) is 34.1 Å². The van der Waals surface area contributed by atoms with E-state index in [2.05, 4.69) is 15.2 Å². The number of halogens is 3. The highest BCUT2D eigenvalue weighted by Crippen LogP contribution is 2.35. The average molecular weight is 330 g/mol. The van der Waals surface area contributed by atoms with Crippen LogP contribution in [0.25, 0.3) is 0 Å². The quantitative estimate of drug-likeness (QED) is 0.909. The number of aromatic nitrogens is 3. The topological polar surface area (TPSA) is 79.2 Å². The van der Waals surface area contributed by atoms with Crippen LogP contribution in [0.4, 0.5) is 18.3 Å². The number of nitrogens with zero attached hydrogens (tertiary/aromatic N) is 4. The van der Waals surface area contributed by atoms with E-state index in [0.717, 1.165) is 5.56 Å². The first-order chi connectivity index (χ1) is 10.3. The Morgan fingerprint density at radius 1 is 1.32 bits per heavy atom. The number of carbonyl (C=O) groups is 1. The van der Waals surface area contributed by atoms with Gasteiger partial charge in [-0.15, -0.1) is 10.2 Å². The smallest absolute Gasteiger partial charge is 0.445 e. The number of hydrogen-bond donors (Lipinski definition) is 1. The van der Waals surface area contributed by atoms with Crippen molar-refractivity contribution in [2.24, 2.45) is 0 Å². The predicted octanol–water partition coefficient (Wildman–Crippen LogP) is 2.21. The molecule has 0 saturated carbocycles. The Bertz CT molecular complexity index is 731. The van der Waals surface area contributed by atoms with Gasteiger partial charge in [0, 0.05) is 25.2 Å². The van der Waals surface area contributed by atoms with Crippen LogP contribution in [0.5, 0.6) is 0 Å². The Morgan fingerprint density at radius 2 is 2.09 bits per heavy atom. The molecule has 0 unspecified atom stereocenters. The van der Waals surface area contributed by atoms with Gasteiger partial charge < -0.3 is 10.0 Å². The van der Waals surface area contributed by atoms with E-state index in [1.807, 2.05) is 0 Å². The normalized spacial score (nSPS) is 14.8. The van der Waals surface area contributed by atoms with Crippen molar-refractivity contribution in [2.75, 3.05) is 11.4 Å². The molecule has 0 radical (unpaired) electrons. The molecule has 0 aromatic carbocycles. The highest BCUT2D eigenvalue weighted by atomic mass is 32.1. The molecule has 22 heavy (non-hydrogen) atoms. The van der Waals surface area contributed by atoms with Crippen molar-refractivity contribution in [3.63, 3.8) is 0 Å². The van der Waals surface area contributed by atoms with Gasteiger partial charge in [0.25, 0.3) is 0 Å². The van der Waals surface area contributed by atoms with Crippen LogP contribution < -0.4 is 4.90 Å². The van der Waals surface area contributed by atoms with Crippen molar-refractivity contribution in [1.82, 2.24) is 15.2 Å². The van der Waals surface area contributed by atoms with Crippen LogP contribution in [0, 0.1) is 0 Å². The third kappa shape index (κ3) is 2.73. The SMILES string of the molecule is O=C(O)c1ccc2c(n1)CCN(c1nnc(C(F)(F)F)s1)C2. The molecule has 0 fully saturated rings. The molecule has 0 amide bonds. The minimum Gasteiger partial charge on any atom is -0.477 e. The van der Waals surface area contributed by atoms with Gasteiger partial charge in [-0.3, -0.25) is 0 Å². The molecular weight excluding hydrogens is 321 g/mol. The predicted molar refractivity (Wildman–Crippen MR) is 70.9 cm³/mol. The van der Waals surface area contributed by atoms with Gasteiger partial charge in [-0.2, -0.15) is 13.2 Å². The van der Waals surface area contributed by atoms with E-state index in [4.69, 9.17) is 5.11 Å². The summed E-state index contributed by atoms with van der Waals surface area (Å²) in [4.78, 5) is 16.6. The highest BCUT2D eigenvalue weighted by molar-refractivity contribution is 7.15. The molecule has 1 N–H and O–H groups in total. The molecule has 0 spiro atoms. The second-order valence-corrected chi connectivity index (χ2v) is 5.62. The number of alkyl halides is 3. The number of aromatic carboxylic acids is 1. The van der Waals surface area contributed by atoms with Gasteiger partial charge in [0.2, 0.25) is 10.1 Å². The Hall–Kier alpha value is -2.23. The van der Waals surface area contributed by atoms with E-state index in [1.54, 1.807) is 11.0 Å². The number of carboxylic acid groups (broad SMARTS) is 1. The number of anilines is 1. The number of fused-ring (bicyclic) bond motifs is 1. The molecule has 3 heterocycles. The summed E-state index contributed by atoms with van der Waals surface area (Å²) < 4.78 is 37.7. The minimum atomic E-state index is -4.50. The lowest BCUT2D eigenvalue weighted by molar-refractivity contribution is -0.138.